The molecule has 0 aliphatic carbocycles. The van der Waals surface area contributed by atoms with Gasteiger partial charge in [-0.25, -0.2) is 0 Å². The van der Waals surface area contributed by atoms with E-state index in [0.29, 0.717) is 31.2 Å². The van der Waals surface area contributed by atoms with Crippen molar-refractivity contribution in [2.24, 2.45) is 4.99 Å². The molecule has 0 bridgehead atoms. The lowest BCUT2D eigenvalue weighted by Crippen LogP contribution is -2.36. The number of rotatable bonds is 8. The minimum absolute atomic E-state index is 0. The van der Waals surface area contributed by atoms with Crippen LogP contribution in [0.3, 0.4) is 0 Å². The lowest BCUT2D eigenvalue weighted by molar-refractivity contribution is 0.0953. The molecule has 162 valence electrons. The van der Waals surface area contributed by atoms with Gasteiger partial charge in [-0.2, -0.15) is 0 Å². The third-order valence-electron chi connectivity index (χ3n) is 4.61. The Hall–Kier alpha value is -2.49. The van der Waals surface area contributed by atoms with Gasteiger partial charge in [0.05, 0.1) is 0 Å². The smallest absolute Gasteiger partial charge is 0.251 e. The number of nitrogens with zero attached hydrogens (tertiary/aromatic N) is 1. The van der Waals surface area contributed by atoms with Crippen LogP contribution >= 0.6 is 24.0 Å². The molecular weight excluding hydrogens is 495 g/mol. The van der Waals surface area contributed by atoms with Crippen LogP contribution in [0.5, 0.6) is 11.5 Å². The van der Waals surface area contributed by atoms with Gasteiger partial charge in [0.25, 0.3) is 5.91 Å². The number of halogens is 1. The van der Waals surface area contributed by atoms with Gasteiger partial charge in [0.15, 0.2) is 17.5 Å². The molecule has 3 N–H and O–H groups in total. The topological polar surface area (TPSA) is 84.0 Å². The number of carbonyl (C=O) groups excluding carboxylic acids is 1. The van der Waals surface area contributed by atoms with Crippen molar-refractivity contribution in [2.75, 3.05) is 20.4 Å². The predicted octanol–water partition coefficient (Wildman–Crippen LogP) is 3.43. The van der Waals surface area contributed by atoms with Crippen LogP contribution in [0.2, 0.25) is 0 Å². The molecule has 7 nitrogen and oxygen atoms in total. The predicted molar refractivity (Wildman–Crippen MR) is 129 cm³/mol. The summed E-state index contributed by atoms with van der Waals surface area (Å²) in [7, 11) is 1.73. The Morgan fingerprint density at radius 1 is 0.967 bits per heavy atom. The SMILES string of the molecule is CCCCNC(=O)c1ccc(CNC(=NC)NCc2ccc3c(c2)OCO3)cc1.I. The quantitative estimate of drug-likeness (QED) is 0.213. The van der Waals surface area contributed by atoms with Crippen LogP contribution in [0, 0.1) is 0 Å². The highest BCUT2D eigenvalue weighted by atomic mass is 127. The Kier molecular flexibility index (Phi) is 9.72. The van der Waals surface area contributed by atoms with E-state index >= 15 is 0 Å². The maximum atomic E-state index is 12.1. The van der Waals surface area contributed by atoms with E-state index < -0.39 is 0 Å². The summed E-state index contributed by atoms with van der Waals surface area (Å²) in [5, 5.41) is 9.49. The Labute approximate surface area is 194 Å². The van der Waals surface area contributed by atoms with Crippen molar-refractivity contribution in [3.8, 4) is 11.5 Å². The van der Waals surface area contributed by atoms with Crippen molar-refractivity contribution in [1.29, 1.82) is 0 Å². The molecular formula is C22H29IN4O3. The van der Waals surface area contributed by atoms with Crippen molar-refractivity contribution in [3.05, 3.63) is 59.2 Å². The molecule has 1 aliphatic rings. The van der Waals surface area contributed by atoms with Crippen molar-refractivity contribution >= 4 is 35.8 Å². The summed E-state index contributed by atoms with van der Waals surface area (Å²) < 4.78 is 10.7. The summed E-state index contributed by atoms with van der Waals surface area (Å²) >= 11 is 0. The van der Waals surface area contributed by atoms with Crippen LogP contribution in [0.15, 0.2) is 47.5 Å². The van der Waals surface area contributed by atoms with E-state index in [2.05, 4.69) is 27.9 Å². The molecule has 0 unspecified atom stereocenters. The molecule has 1 amide bonds. The van der Waals surface area contributed by atoms with Crippen LogP contribution < -0.4 is 25.4 Å². The lowest BCUT2D eigenvalue weighted by Gasteiger charge is -2.12. The fraction of sp³-hybridized carbons (Fsp3) is 0.364. The number of ether oxygens (including phenoxy) is 2. The van der Waals surface area contributed by atoms with E-state index in [1.54, 1.807) is 7.05 Å². The molecule has 0 saturated carbocycles. The van der Waals surface area contributed by atoms with Gasteiger partial charge in [0.2, 0.25) is 6.79 Å². The molecule has 0 atom stereocenters. The summed E-state index contributed by atoms with van der Waals surface area (Å²) in [5.74, 6) is 2.22. The second kappa shape index (κ2) is 12.3. The summed E-state index contributed by atoms with van der Waals surface area (Å²) in [5.41, 5.74) is 2.83. The number of amides is 1. The van der Waals surface area contributed by atoms with E-state index in [1.807, 2.05) is 42.5 Å². The van der Waals surface area contributed by atoms with Crippen LogP contribution in [0.25, 0.3) is 0 Å². The van der Waals surface area contributed by atoms with Gasteiger partial charge >= 0.3 is 0 Å². The van der Waals surface area contributed by atoms with Crippen molar-refractivity contribution < 1.29 is 14.3 Å². The Morgan fingerprint density at radius 2 is 1.63 bits per heavy atom. The normalized spacial score (nSPS) is 12.1. The summed E-state index contributed by atoms with van der Waals surface area (Å²) in [6.07, 6.45) is 2.06. The average molecular weight is 524 g/mol. The van der Waals surface area contributed by atoms with Crippen molar-refractivity contribution in [3.63, 3.8) is 0 Å². The summed E-state index contributed by atoms with van der Waals surface area (Å²) in [4.78, 5) is 16.3. The number of guanidine groups is 1. The number of hydrogen-bond acceptors (Lipinski definition) is 4. The lowest BCUT2D eigenvalue weighted by atomic mass is 10.1. The molecule has 2 aromatic carbocycles. The van der Waals surface area contributed by atoms with Crippen LogP contribution in [0.4, 0.5) is 0 Å². The molecule has 0 fully saturated rings. The highest BCUT2D eigenvalue weighted by Crippen LogP contribution is 2.32. The number of aliphatic imine (C=N–C) groups is 1. The standard InChI is InChI=1S/C22H28N4O3.HI/c1-3-4-11-24-21(27)18-8-5-16(6-9-18)13-25-22(23-2)26-14-17-7-10-19-20(12-17)29-15-28-19;/h5-10,12H,3-4,11,13-15H2,1-2H3,(H,24,27)(H2,23,25,26);1H. The van der Waals surface area contributed by atoms with Gasteiger partial charge in [-0.3, -0.25) is 9.79 Å². The minimum atomic E-state index is -0.0286. The van der Waals surface area contributed by atoms with Crippen molar-refractivity contribution in [2.45, 2.75) is 32.9 Å². The molecule has 30 heavy (non-hydrogen) atoms. The zero-order valence-corrected chi connectivity index (χ0v) is 19.7. The van der Waals surface area contributed by atoms with Gasteiger partial charge in [0.1, 0.15) is 0 Å². The number of unbranched alkanes of at least 4 members (excludes halogenated alkanes) is 1. The zero-order chi connectivity index (χ0) is 20.5. The fourth-order valence-electron chi connectivity index (χ4n) is 2.90. The van der Waals surface area contributed by atoms with E-state index in [4.69, 9.17) is 9.47 Å². The first-order valence-electron chi connectivity index (χ1n) is 9.89. The first kappa shape index (κ1) is 23.8. The van der Waals surface area contributed by atoms with Crippen LogP contribution in [0.1, 0.15) is 41.3 Å². The Bertz CT molecular complexity index is 856. The number of benzene rings is 2. The van der Waals surface area contributed by atoms with Gasteiger partial charge in [-0.15, -0.1) is 24.0 Å². The van der Waals surface area contributed by atoms with Crippen molar-refractivity contribution in [1.82, 2.24) is 16.0 Å². The summed E-state index contributed by atoms with van der Waals surface area (Å²) in [6, 6.07) is 13.5. The van der Waals surface area contributed by atoms with E-state index in [0.717, 1.165) is 35.5 Å². The van der Waals surface area contributed by atoms with E-state index in [9.17, 15) is 4.79 Å². The molecule has 0 radical (unpaired) electrons. The first-order chi connectivity index (χ1) is 14.2. The number of carbonyl (C=O) groups is 1. The molecule has 1 aliphatic heterocycles. The Morgan fingerprint density at radius 3 is 2.33 bits per heavy atom. The van der Waals surface area contributed by atoms with Gasteiger partial charge in [-0.1, -0.05) is 31.5 Å². The molecule has 1 heterocycles. The molecule has 0 saturated heterocycles. The molecule has 0 spiro atoms. The molecule has 2 aromatic rings. The van der Waals surface area contributed by atoms with E-state index in [1.165, 1.54) is 0 Å². The maximum absolute atomic E-state index is 12.1. The first-order valence-corrected chi connectivity index (χ1v) is 9.89. The fourth-order valence-corrected chi connectivity index (χ4v) is 2.90. The highest BCUT2D eigenvalue weighted by Gasteiger charge is 2.13. The molecule has 0 aromatic heterocycles. The second-order valence-corrected chi connectivity index (χ2v) is 6.77. The third kappa shape index (κ3) is 6.79. The second-order valence-electron chi connectivity index (χ2n) is 6.77. The maximum Gasteiger partial charge on any atom is 0.251 e. The Balaban J connectivity index is 0.00000320. The molecule has 8 heteroatoms. The largest absolute Gasteiger partial charge is 0.454 e. The van der Waals surface area contributed by atoms with Gasteiger partial charge in [-0.05, 0) is 41.8 Å². The van der Waals surface area contributed by atoms with Crippen LogP contribution in [-0.4, -0.2) is 32.3 Å². The molecule has 3 rings (SSSR count). The van der Waals surface area contributed by atoms with Crippen LogP contribution in [-0.2, 0) is 13.1 Å². The zero-order valence-electron chi connectivity index (χ0n) is 17.4. The van der Waals surface area contributed by atoms with Gasteiger partial charge < -0.3 is 25.4 Å². The van der Waals surface area contributed by atoms with Gasteiger partial charge in [0, 0.05) is 32.2 Å². The minimum Gasteiger partial charge on any atom is -0.454 e. The van der Waals surface area contributed by atoms with E-state index in [-0.39, 0.29) is 36.7 Å². The number of fused-ring (bicyclic) bond motifs is 1. The number of hydrogen-bond donors (Lipinski definition) is 3. The average Bonchev–Trinajstić information content (AvgIpc) is 3.22. The third-order valence-corrected chi connectivity index (χ3v) is 4.61. The monoisotopic (exact) mass is 524 g/mol. The summed E-state index contributed by atoms with van der Waals surface area (Å²) in [6.45, 7) is 4.32. The number of nitrogens with one attached hydrogen (secondary N) is 3. The highest BCUT2D eigenvalue weighted by molar-refractivity contribution is 14.0.